The molecular weight excluding hydrogens is 168 g/mol. The van der Waals surface area contributed by atoms with Gasteiger partial charge >= 0.3 is 0 Å². The zero-order valence-corrected chi connectivity index (χ0v) is 7.01. The molecule has 1 aliphatic heterocycles. The molecule has 4 nitrogen and oxygen atoms in total. The molecule has 2 heterocycles. The van der Waals surface area contributed by atoms with E-state index in [0.29, 0.717) is 6.61 Å². The molecule has 2 unspecified atom stereocenters. The van der Waals surface area contributed by atoms with Gasteiger partial charge in [0, 0.05) is 12.4 Å². The summed E-state index contributed by atoms with van der Waals surface area (Å²) >= 11 is 0. The molecule has 13 heavy (non-hydrogen) atoms. The minimum atomic E-state index is -0.182. The lowest BCUT2D eigenvalue weighted by atomic mass is 10.2. The van der Waals surface area contributed by atoms with Crippen LogP contribution in [0.1, 0.15) is 11.8 Å². The number of hydrogen-bond donors (Lipinski definition) is 1. The van der Waals surface area contributed by atoms with E-state index < -0.39 is 0 Å². The molecule has 1 saturated heterocycles. The molecule has 1 aromatic heterocycles. The molecule has 0 aliphatic carbocycles. The van der Waals surface area contributed by atoms with Crippen molar-refractivity contribution in [1.82, 2.24) is 10.3 Å². The van der Waals surface area contributed by atoms with E-state index in [1.807, 2.05) is 12.1 Å². The topological polar surface area (TPSA) is 51.2 Å². The first-order chi connectivity index (χ1) is 6.40. The molecule has 0 saturated carbocycles. The van der Waals surface area contributed by atoms with Crippen molar-refractivity contribution in [2.24, 2.45) is 0 Å². The van der Waals surface area contributed by atoms with Crippen molar-refractivity contribution in [2.45, 2.75) is 12.3 Å². The number of nitrogens with zero attached hydrogens (tertiary/aromatic N) is 1. The second kappa shape index (κ2) is 3.64. The fourth-order valence-corrected chi connectivity index (χ4v) is 1.30. The number of pyridine rings is 1. The second-order valence-electron chi connectivity index (χ2n) is 2.90. The lowest BCUT2D eigenvalue weighted by Gasteiger charge is -2.09. The summed E-state index contributed by atoms with van der Waals surface area (Å²) in [6.45, 7) is 0.441. The van der Waals surface area contributed by atoms with E-state index in [9.17, 15) is 4.79 Å². The summed E-state index contributed by atoms with van der Waals surface area (Å²) in [5, 5.41) is 3.04. The zero-order valence-electron chi connectivity index (χ0n) is 7.01. The summed E-state index contributed by atoms with van der Waals surface area (Å²) in [5.41, 5.74) is 0.999. The van der Waals surface area contributed by atoms with Gasteiger partial charge in [0.2, 0.25) is 0 Å². The van der Waals surface area contributed by atoms with Crippen LogP contribution in [-0.4, -0.2) is 23.9 Å². The molecule has 1 aromatic rings. The van der Waals surface area contributed by atoms with Crippen molar-refractivity contribution in [3.8, 4) is 0 Å². The zero-order chi connectivity index (χ0) is 9.10. The summed E-state index contributed by atoms with van der Waals surface area (Å²) in [5.74, 6) is 0. The Morgan fingerprint density at radius 3 is 2.92 bits per heavy atom. The van der Waals surface area contributed by atoms with Crippen molar-refractivity contribution in [2.75, 3.05) is 6.61 Å². The number of nitrogens with one attached hydrogen (secondary N) is 1. The van der Waals surface area contributed by atoms with Crippen LogP contribution in [0.4, 0.5) is 0 Å². The highest BCUT2D eigenvalue weighted by atomic mass is 16.5. The Balaban J connectivity index is 2.08. The lowest BCUT2D eigenvalue weighted by Crippen LogP contribution is -2.26. The molecule has 0 amide bonds. The number of aldehydes is 1. The third-order valence-corrected chi connectivity index (χ3v) is 1.98. The second-order valence-corrected chi connectivity index (χ2v) is 2.90. The summed E-state index contributed by atoms with van der Waals surface area (Å²) in [4.78, 5) is 14.3. The Labute approximate surface area is 75.9 Å². The molecule has 1 aliphatic rings. The quantitative estimate of drug-likeness (QED) is 0.660. The highest BCUT2D eigenvalue weighted by molar-refractivity contribution is 5.58. The van der Waals surface area contributed by atoms with Crippen LogP contribution >= 0.6 is 0 Å². The van der Waals surface area contributed by atoms with Crippen LogP contribution in [0.3, 0.4) is 0 Å². The molecule has 2 atom stereocenters. The maximum Gasteiger partial charge on any atom is 0.139 e. The Hall–Kier alpha value is -1.26. The molecule has 4 heteroatoms. The molecule has 1 fully saturated rings. The van der Waals surface area contributed by atoms with Gasteiger partial charge in [-0.05, 0) is 17.7 Å². The molecule has 1 N–H and O–H groups in total. The highest BCUT2D eigenvalue weighted by Gasteiger charge is 2.24. The largest absolute Gasteiger partial charge is 0.357 e. The number of carbonyl (C=O) groups is 1. The molecule has 0 aromatic carbocycles. The van der Waals surface area contributed by atoms with E-state index in [-0.39, 0.29) is 12.3 Å². The van der Waals surface area contributed by atoms with Crippen LogP contribution in [0.2, 0.25) is 0 Å². The fraction of sp³-hybridized carbons (Fsp3) is 0.333. The lowest BCUT2D eigenvalue weighted by molar-refractivity contribution is -0.109. The number of aromatic nitrogens is 1. The first-order valence-electron chi connectivity index (χ1n) is 4.13. The number of carbonyl (C=O) groups excluding carboxylic acids is 1. The Bertz CT molecular complexity index is 289. The summed E-state index contributed by atoms with van der Waals surface area (Å²) in [6.07, 6.45) is 4.10. The monoisotopic (exact) mass is 178 g/mol. The van der Waals surface area contributed by atoms with Gasteiger partial charge in [0.1, 0.15) is 12.5 Å². The summed E-state index contributed by atoms with van der Waals surface area (Å²) in [6, 6.07) is 3.55. The molecule has 0 spiro atoms. The Morgan fingerprint density at radius 2 is 2.31 bits per heavy atom. The van der Waals surface area contributed by atoms with Gasteiger partial charge in [-0.25, -0.2) is 0 Å². The SMILES string of the molecule is O=CC1COC(c2ccncc2)N1. The number of rotatable bonds is 2. The normalized spacial score (nSPS) is 27.4. The van der Waals surface area contributed by atoms with Crippen LogP contribution in [0, 0.1) is 0 Å². The number of ether oxygens (including phenoxy) is 1. The molecule has 68 valence electrons. The van der Waals surface area contributed by atoms with Crippen LogP contribution in [0.15, 0.2) is 24.5 Å². The molecule has 2 rings (SSSR count). The van der Waals surface area contributed by atoms with E-state index in [1.54, 1.807) is 12.4 Å². The third kappa shape index (κ3) is 1.74. The smallest absolute Gasteiger partial charge is 0.139 e. The maximum atomic E-state index is 10.4. The van der Waals surface area contributed by atoms with Gasteiger partial charge in [-0.2, -0.15) is 0 Å². The van der Waals surface area contributed by atoms with Crippen LogP contribution in [-0.2, 0) is 9.53 Å². The Morgan fingerprint density at radius 1 is 1.54 bits per heavy atom. The molecule has 0 radical (unpaired) electrons. The van der Waals surface area contributed by atoms with Crippen LogP contribution in [0.25, 0.3) is 0 Å². The minimum absolute atomic E-state index is 0.168. The van der Waals surface area contributed by atoms with Gasteiger partial charge in [0.05, 0.1) is 12.6 Å². The first-order valence-corrected chi connectivity index (χ1v) is 4.13. The van der Waals surface area contributed by atoms with E-state index in [2.05, 4.69) is 10.3 Å². The van der Waals surface area contributed by atoms with E-state index >= 15 is 0 Å². The van der Waals surface area contributed by atoms with E-state index in [0.717, 1.165) is 11.8 Å². The third-order valence-electron chi connectivity index (χ3n) is 1.98. The first kappa shape index (κ1) is 8.34. The van der Waals surface area contributed by atoms with Crippen molar-refractivity contribution in [3.05, 3.63) is 30.1 Å². The predicted molar refractivity (Wildman–Crippen MR) is 45.9 cm³/mol. The van der Waals surface area contributed by atoms with Crippen molar-refractivity contribution in [3.63, 3.8) is 0 Å². The molecular formula is C9H10N2O2. The van der Waals surface area contributed by atoms with E-state index in [4.69, 9.17) is 4.74 Å². The van der Waals surface area contributed by atoms with Gasteiger partial charge < -0.3 is 9.53 Å². The van der Waals surface area contributed by atoms with Crippen molar-refractivity contribution < 1.29 is 9.53 Å². The average Bonchev–Trinajstić information content (AvgIpc) is 2.67. The van der Waals surface area contributed by atoms with Gasteiger partial charge in [-0.3, -0.25) is 10.3 Å². The number of hydrogen-bond acceptors (Lipinski definition) is 4. The maximum absolute atomic E-state index is 10.4. The average molecular weight is 178 g/mol. The van der Waals surface area contributed by atoms with Gasteiger partial charge in [-0.15, -0.1) is 0 Å². The Kier molecular flexibility index (Phi) is 2.33. The van der Waals surface area contributed by atoms with Crippen LogP contribution < -0.4 is 5.32 Å². The highest BCUT2D eigenvalue weighted by Crippen LogP contribution is 2.18. The fourth-order valence-electron chi connectivity index (χ4n) is 1.30. The van der Waals surface area contributed by atoms with Crippen molar-refractivity contribution in [1.29, 1.82) is 0 Å². The van der Waals surface area contributed by atoms with Crippen LogP contribution in [0.5, 0.6) is 0 Å². The van der Waals surface area contributed by atoms with Crippen molar-refractivity contribution >= 4 is 6.29 Å². The van der Waals surface area contributed by atoms with Gasteiger partial charge in [-0.1, -0.05) is 0 Å². The summed E-state index contributed by atoms with van der Waals surface area (Å²) < 4.78 is 5.37. The van der Waals surface area contributed by atoms with E-state index in [1.165, 1.54) is 0 Å². The standard InChI is InChI=1S/C9H10N2O2/c12-5-8-6-13-9(11-8)7-1-3-10-4-2-7/h1-5,8-9,11H,6H2. The summed E-state index contributed by atoms with van der Waals surface area (Å²) in [7, 11) is 0. The minimum Gasteiger partial charge on any atom is -0.357 e. The molecule has 0 bridgehead atoms. The van der Waals surface area contributed by atoms with Gasteiger partial charge in [0.25, 0.3) is 0 Å². The van der Waals surface area contributed by atoms with Gasteiger partial charge in [0.15, 0.2) is 0 Å². The predicted octanol–water partition coefficient (Wildman–Crippen LogP) is 0.267.